The Morgan fingerprint density at radius 1 is 0.929 bits per heavy atom. The van der Waals surface area contributed by atoms with Gasteiger partial charge in [0.25, 0.3) is 0 Å². The maximum Gasteiger partial charge on any atom is 0.0584 e. The van der Waals surface area contributed by atoms with Crippen LogP contribution in [0.4, 0.5) is 0 Å². The Morgan fingerprint density at radius 3 is 1.57 bits per heavy atom. The van der Waals surface area contributed by atoms with Crippen molar-refractivity contribution in [3.8, 4) is 0 Å². The summed E-state index contributed by atoms with van der Waals surface area (Å²) in [6.45, 7) is 0. The number of halogens is 2. The van der Waals surface area contributed by atoms with Crippen molar-refractivity contribution >= 4 is 44.8 Å². The van der Waals surface area contributed by atoms with E-state index in [4.69, 9.17) is 23.2 Å². The summed E-state index contributed by atoms with van der Waals surface area (Å²) in [5, 5.41) is 0.676. The van der Waals surface area contributed by atoms with Crippen molar-refractivity contribution in [3.63, 3.8) is 0 Å². The first-order chi connectivity index (χ1) is 6.43. The highest BCUT2D eigenvalue weighted by atomic mass is 35.5. The number of hydrogen-bond donors (Lipinski definition) is 0. The van der Waals surface area contributed by atoms with Gasteiger partial charge in [-0.2, -0.15) is 0 Å². The standard InChI is InChI=1S/C8H8Cl2O2S2/c1-13(11)7-4-8(14(2)12)6(10)3-5(7)9/h3-4H,1-2H3. The van der Waals surface area contributed by atoms with E-state index in [1.807, 2.05) is 0 Å². The summed E-state index contributed by atoms with van der Waals surface area (Å²) in [6.07, 6.45) is 3.02. The second-order valence-corrected chi connectivity index (χ2v) is 6.13. The van der Waals surface area contributed by atoms with Gasteiger partial charge in [0.05, 0.1) is 41.4 Å². The fourth-order valence-electron chi connectivity index (χ4n) is 0.951. The molecule has 0 fully saturated rings. The molecule has 1 rings (SSSR count). The van der Waals surface area contributed by atoms with Gasteiger partial charge in [0.15, 0.2) is 0 Å². The fourth-order valence-corrected chi connectivity index (χ4v) is 3.30. The summed E-state index contributed by atoms with van der Waals surface area (Å²) in [7, 11) is -2.40. The maximum absolute atomic E-state index is 11.2. The highest BCUT2D eigenvalue weighted by Gasteiger charge is 2.11. The van der Waals surface area contributed by atoms with Crippen molar-refractivity contribution in [2.45, 2.75) is 9.79 Å². The van der Waals surface area contributed by atoms with E-state index < -0.39 is 21.6 Å². The molecule has 0 spiro atoms. The summed E-state index contributed by atoms with van der Waals surface area (Å²) in [4.78, 5) is 0.919. The van der Waals surface area contributed by atoms with E-state index in [2.05, 4.69) is 0 Å². The molecule has 2 atom stereocenters. The Bertz CT molecular complexity index is 383. The van der Waals surface area contributed by atoms with Gasteiger partial charge >= 0.3 is 0 Å². The van der Waals surface area contributed by atoms with Crippen LogP contribution in [0.5, 0.6) is 0 Å². The molecule has 1 aromatic carbocycles. The number of rotatable bonds is 2. The zero-order valence-electron chi connectivity index (χ0n) is 7.54. The minimum atomic E-state index is -1.20. The topological polar surface area (TPSA) is 34.1 Å². The van der Waals surface area contributed by atoms with Crippen LogP contribution < -0.4 is 0 Å². The first-order valence-corrected chi connectivity index (χ1v) is 7.46. The van der Waals surface area contributed by atoms with Gasteiger partial charge in [0, 0.05) is 12.5 Å². The van der Waals surface area contributed by atoms with Crippen LogP contribution >= 0.6 is 23.2 Å². The third-order valence-electron chi connectivity index (χ3n) is 1.61. The van der Waals surface area contributed by atoms with E-state index in [1.165, 1.54) is 24.6 Å². The lowest BCUT2D eigenvalue weighted by Gasteiger charge is -2.05. The Labute approximate surface area is 97.5 Å². The van der Waals surface area contributed by atoms with Crippen molar-refractivity contribution < 1.29 is 8.42 Å². The van der Waals surface area contributed by atoms with Gasteiger partial charge in [-0.1, -0.05) is 23.2 Å². The predicted molar refractivity (Wildman–Crippen MR) is 61.1 cm³/mol. The lowest BCUT2D eigenvalue weighted by atomic mass is 10.3. The van der Waals surface area contributed by atoms with Crippen LogP contribution in [-0.4, -0.2) is 20.9 Å². The molecule has 0 aromatic heterocycles. The van der Waals surface area contributed by atoms with Gasteiger partial charge in [0.1, 0.15) is 0 Å². The highest BCUT2D eigenvalue weighted by Crippen LogP contribution is 2.28. The molecule has 0 radical (unpaired) electrons. The molecule has 14 heavy (non-hydrogen) atoms. The number of hydrogen-bond acceptors (Lipinski definition) is 2. The van der Waals surface area contributed by atoms with E-state index in [0.717, 1.165) is 0 Å². The Morgan fingerprint density at radius 2 is 1.29 bits per heavy atom. The first kappa shape index (κ1) is 12.2. The summed E-state index contributed by atoms with van der Waals surface area (Å²) < 4.78 is 22.5. The van der Waals surface area contributed by atoms with E-state index in [0.29, 0.717) is 19.8 Å². The van der Waals surface area contributed by atoms with E-state index in [1.54, 1.807) is 0 Å². The fraction of sp³-hybridized carbons (Fsp3) is 0.250. The van der Waals surface area contributed by atoms with Gasteiger partial charge in [-0.25, -0.2) is 0 Å². The van der Waals surface area contributed by atoms with Gasteiger partial charge < -0.3 is 0 Å². The molecule has 0 aliphatic carbocycles. The molecule has 0 aliphatic rings. The quantitative estimate of drug-likeness (QED) is 0.828. The molecule has 2 nitrogen and oxygen atoms in total. The molecule has 2 unspecified atom stereocenters. The zero-order valence-corrected chi connectivity index (χ0v) is 10.7. The molecule has 1 aromatic rings. The van der Waals surface area contributed by atoms with Crippen molar-refractivity contribution in [2.24, 2.45) is 0 Å². The first-order valence-electron chi connectivity index (χ1n) is 3.59. The van der Waals surface area contributed by atoms with Gasteiger partial charge in [-0.3, -0.25) is 8.42 Å². The molecule has 78 valence electrons. The molecule has 0 saturated carbocycles. The van der Waals surface area contributed by atoms with Crippen LogP contribution in [0.2, 0.25) is 10.0 Å². The third-order valence-corrected chi connectivity index (χ3v) is 4.37. The summed E-state index contributed by atoms with van der Waals surface area (Å²) in [6, 6.07) is 2.99. The van der Waals surface area contributed by atoms with Crippen LogP contribution in [0.15, 0.2) is 21.9 Å². The summed E-state index contributed by atoms with van der Waals surface area (Å²) in [5.41, 5.74) is 0. The smallest absolute Gasteiger partial charge is 0.0584 e. The van der Waals surface area contributed by atoms with Crippen molar-refractivity contribution in [3.05, 3.63) is 22.2 Å². The van der Waals surface area contributed by atoms with Crippen LogP contribution in [0.3, 0.4) is 0 Å². The van der Waals surface area contributed by atoms with E-state index in [-0.39, 0.29) is 0 Å². The largest absolute Gasteiger partial charge is 0.255 e. The average molecular weight is 271 g/mol. The Kier molecular flexibility index (Phi) is 4.13. The zero-order chi connectivity index (χ0) is 10.9. The van der Waals surface area contributed by atoms with Gasteiger partial charge in [-0.15, -0.1) is 0 Å². The minimum absolute atomic E-state index is 0.338. The predicted octanol–water partition coefficient (Wildman–Crippen LogP) is 2.47. The minimum Gasteiger partial charge on any atom is -0.255 e. The van der Waals surface area contributed by atoms with Crippen molar-refractivity contribution in [1.82, 2.24) is 0 Å². The monoisotopic (exact) mass is 270 g/mol. The molecule has 0 heterocycles. The number of benzene rings is 1. The second kappa shape index (κ2) is 4.75. The average Bonchev–Trinajstić information content (AvgIpc) is 2.02. The Hall–Kier alpha value is 0.1000. The second-order valence-electron chi connectivity index (χ2n) is 2.62. The maximum atomic E-state index is 11.2. The van der Waals surface area contributed by atoms with Crippen LogP contribution in [-0.2, 0) is 21.6 Å². The Balaban J connectivity index is 3.42. The molecule has 0 bridgehead atoms. The SMILES string of the molecule is CS(=O)c1cc(S(C)=O)c(Cl)cc1Cl. The highest BCUT2D eigenvalue weighted by molar-refractivity contribution is 7.85. The molecule has 0 aliphatic heterocycles. The molecule has 0 N–H and O–H groups in total. The van der Waals surface area contributed by atoms with Crippen molar-refractivity contribution in [1.29, 1.82) is 0 Å². The normalized spacial score (nSPS) is 15.1. The molecular formula is C8H8Cl2O2S2. The lowest BCUT2D eigenvalue weighted by Crippen LogP contribution is -1.95. The molecular weight excluding hydrogens is 263 g/mol. The van der Waals surface area contributed by atoms with Gasteiger partial charge in [-0.05, 0) is 12.1 Å². The van der Waals surface area contributed by atoms with Gasteiger partial charge in [0.2, 0.25) is 0 Å². The lowest BCUT2D eigenvalue weighted by molar-refractivity contribution is 0.685. The van der Waals surface area contributed by atoms with Crippen LogP contribution in [0.25, 0.3) is 0 Å². The third kappa shape index (κ3) is 2.57. The molecule has 6 heteroatoms. The molecule has 0 amide bonds. The summed E-state index contributed by atoms with van der Waals surface area (Å²) >= 11 is 11.6. The van der Waals surface area contributed by atoms with E-state index >= 15 is 0 Å². The summed E-state index contributed by atoms with van der Waals surface area (Å²) in [5.74, 6) is 0. The van der Waals surface area contributed by atoms with E-state index in [9.17, 15) is 8.42 Å². The van der Waals surface area contributed by atoms with Crippen molar-refractivity contribution in [2.75, 3.05) is 12.5 Å². The van der Waals surface area contributed by atoms with Crippen LogP contribution in [0, 0.1) is 0 Å². The van der Waals surface area contributed by atoms with Crippen LogP contribution in [0.1, 0.15) is 0 Å². The molecule has 0 saturated heterocycles.